The molecule has 2 rings (SSSR count). The van der Waals surface area contributed by atoms with Crippen molar-refractivity contribution in [3.05, 3.63) is 29.8 Å². The van der Waals surface area contributed by atoms with Crippen LogP contribution in [0, 0.1) is 0 Å². The van der Waals surface area contributed by atoms with Crippen molar-refractivity contribution in [2.75, 3.05) is 12.8 Å². The summed E-state index contributed by atoms with van der Waals surface area (Å²) < 4.78 is 22.7. The molecule has 1 aliphatic rings. The average molecular weight is 297 g/mol. The zero-order chi connectivity index (χ0) is 14.6. The molecular weight excluding hydrogens is 274 g/mol. The van der Waals surface area contributed by atoms with Gasteiger partial charge >= 0.3 is 0 Å². The highest BCUT2D eigenvalue weighted by molar-refractivity contribution is 7.90. The van der Waals surface area contributed by atoms with Crippen molar-refractivity contribution < 1.29 is 13.5 Å². The third-order valence-electron chi connectivity index (χ3n) is 3.90. The number of sulfone groups is 1. The van der Waals surface area contributed by atoms with Crippen molar-refractivity contribution in [2.45, 2.75) is 49.1 Å². The molecule has 1 saturated carbocycles. The van der Waals surface area contributed by atoms with Crippen molar-refractivity contribution >= 4 is 9.84 Å². The van der Waals surface area contributed by atoms with Gasteiger partial charge in [-0.05, 0) is 30.5 Å². The minimum absolute atomic E-state index is 0.286. The van der Waals surface area contributed by atoms with Crippen molar-refractivity contribution in [3.8, 4) is 0 Å². The number of hydrogen-bond donors (Lipinski definition) is 2. The zero-order valence-corrected chi connectivity index (χ0v) is 12.7. The number of rotatable bonds is 5. The van der Waals surface area contributed by atoms with E-state index in [0.29, 0.717) is 12.6 Å². The Labute approximate surface area is 121 Å². The Morgan fingerprint density at radius 2 is 1.80 bits per heavy atom. The van der Waals surface area contributed by atoms with Crippen LogP contribution in [0.25, 0.3) is 0 Å². The van der Waals surface area contributed by atoms with Crippen LogP contribution in [0.5, 0.6) is 0 Å². The quantitative estimate of drug-likeness (QED) is 0.873. The van der Waals surface area contributed by atoms with E-state index >= 15 is 0 Å². The third kappa shape index (κ3) is 4.30. The normalized spacial score (nSPS) is 18.9. The van der Waals surface area contributed by atoms with Gasteiger partial charge in [0.05, 0.1) is 11.0 Å². The van der Waals surface area contributed by atoms with E-state index in [9.17, 15) is 13.5 Å². The van der Waals surface area contributed by atoms with Gasteiger partial charge in [0, 0.05) is 18.8 Å². The molecule has 1 aliphatic carbocycles. The maximum atomic E-state index is 11.4. The highest BCUT2D eigenvalue weighted by atomic mass is 32.2. The molecule has 0 aromatic heterocycles. The van der Waals surface area contributed by atoms with E-state index < -0.39 is 15.9 Å². The lowest BCUT2D eigenvalue weighted by Crippen LogP contribution is -2.34. The number of hydrogen-bond acceptors (Lipinski definition) is 4. The maximum absolute atomic E-state index is 11.4. The molecule has 112 valence electrons. The van der Waals surface area contributed by atoms with Crippen LogP contribution in [0.3, 0.4) is 0 Å². The number of benzene rings is 1. The van der Waals surface area contributed by atoms with Crippen LogP contribution in [-0.2, 0) is 9.84 Å². The molecule has 5 heteroatoms. The zero-order valence-electron chi connectivity index (χ0n) is 11.9. The first-order valence-electron chi connectivity index (χ1n) is 7.18. The summed E-state index contributed by atoms with van der Waals surface area (Å²) in [7, 11) is -3.17. The molecule has 2 N–H and O–H groups in total. The first-order valence-corrected chi connectivity index (χ1v) is 9.07. The van der Waals surface area contributed by atoms with E-state index in [2.05, 4.69) is 5.32 Å². The third-order valence-corrected chi connectivity index (χ3v) is 5.03. The van der Waals surface area contributed by atoms with E-state index in [1.807, 2.05) is 0 Å². The fourth-order valence-corrected chi connectivity index (χ4v) is 3.27. The van der Waals surface area contributed by atoms with E-state index in [1.54, 1.807) is 24.3 Å². The molecule has 1 fully saturated rings. The highest BCUT2D eigenvalue weighted by Crippen LogP contribution is 2.19. The first-order chi connectivity index (χ1) is 9.47. The van der Waals surface area contributed by atoms with Gasteiger partial charge < -0.3 is 10.4 Å². The Morgan fingerprint density at radius 3 is 2.35 bits per heavy atom. The minimum atomic E-state index is -3.17. The molecule has 1 aromatic rings. The fourth-order valence-electron chi connectivity index (χ4n) is 2.64. The lowest BCUT2D eigenvalue weighted by atomic mass is 9.95. The van der Waals surface area contributed by atoms with Gasteiger partial charge in [0.25, 0.3) is 0 Å². The van der Waals surface area contributed by atoms with Gasteiger partial charge in [-0.15, -0.1) is 0 Å². The Morgan fingerprint density at radius 1 is 1.20 bits per heavy atom. The second-order valence-corrected chi connectivity index (χ2v) is 7.62. The summed E-state index contributed by atoms with van der Waals surface area (Å²) in [6.45, 7) is 0.517. The first kappa shape index (κ1) is 15.5. The largest absolute Gasteiger partial charge is 0.387 e. The Hall–Kier alpha value is -0.910. The molecule has 0 spiro atoms. The monoisotopic (exact) mass is 297 g/mol. The van der Waals surface area contributed by atoms with E-state index in [0.717, 1.165) is 5.56 Å². The van der Waals surface area contributed by atoms with Gasteiger partial charge in [0.15, 0.2) is 9.84 Å². The smallest absolute Gasteiger partial charge is 0.175 e. The van der Waals surface area contributed by atoms with Crippen molar-refractivity contribution in [2.24, 2.45) is 0 Å². The summed E-state index contributed by atoms with van der Waals surface area (Å²) in [6.07, 6.45) is 6.79. The summed E-state index contributed by atoms with van der Waals surface area (Å²) in [5, 5.41) is 13.5. The molecule has 1 aromatic carbocycles. The standard InChI is InChI=1S/C15H23NO3S/c1-20(18,19)14-9-7-12(8-10-14)15(17)11-16-13-5-3-2-4-6-13/h7-10,13,15-17H,2-6,11H2,1H3. The highest BCUT2D eigenvalue weighted by Gasteiger charge is 2.15. The van der Waals surface area contributed by atoms with Gasteiger partial charge in [-0.2, -0.15) is 0 Å². The van der Waals surface area contributed by atoms with Crippen molar-refractivity contribution in [1.82, 2.24) is 5.32 Å². The predicted octanol–water partition coefficient (Wildman–Crippen LogP) is 2.05. The molecule has 20 heavy (non-hydrogen) atoms. The van der Waals surface area contributed by atoms with Crippen LogP contribution >= 0.6 is 0 Å². The Balaban J connectivity index is 1.90. The van der Waals surface area contributed by atoms with Crippen LogP contribution in [0.1, 0.15) is 43.8 Å². The molecule has 0 amide bonds. The Kier molecular flexibility index (Phi) is 5.18. The second kappa shape index (κ2) is 6.70. The molecule has 0 saturated heterocycles. The summed E-state index contributed by atoms with van der Waals surface area (Å²) in [5.74, 6) is 0. The van der Waals surface area contributed by atoms with Crippen LogP contribution in [0.4, 0.5) is 0 Å². The average Bonchev–Trinajstić information content (AvgIpc) is 2.45. The summed E-state index contributed by atoms with van der Waals surface area (Å²) in [5.41, 5.74) is 0.751. The van der Waals surface area contributed by atoms with Gasteiger partial charge in [-0.1, -0.05) is 31.4 Å². The van der Waals surface area contributed by atoms with Crippen molar-refractivity contribution in [3.63, 3.8) is 0 Å². The second-order valence-electron chi connectivity index (χ2n) is 5.60. The topological polar surface area (TPSA) is 66.4 Å². The van der Waals surface area contributed by atoms with Gasteiger partial charge in [-0.3, -0.25) is 0 Å². The lowest BCUT2D eigenvalue weighted by Gasteiger charge is -2.24. The van der Waals surface area contributed by atoms with Gasteiger partial charge in [0.1, 0.15) is 0 Å². The number of aliphatic hydroxyl groups is 1. The maximum Gasteiger partial charge on any atom is 0.175 e. The summed E-state index contributed by atoms with van der Waals surface area (Å²) in [4.78, 5) is 0.286. The van der Waals surface area contributed by atoms with Crippen LogP contribution in [0.15, 0.2) is 29.2 Å². The molecule has 0 radical (unpaired) electrons. The Bertz CT molecular complexity index is 519. The van der Waals surface area contributed by atoms with E-state index in [4.69, 9.17) is 0 Å². The van der Waals surface area contributed by atoms with Gasteiger partial charge in [-0.25, -0.2) is 8.42 Å². The molecular formula is C15H23NO3S. The van der Waals surface area contributed by atoms with E-state index in [1.165, 1.54) is 38.4 Å². The van der Waals surface area contributed by atoms with Crippen LogP contribution in [-0.4, -0.2) is 32.4 Å². The molecule has 0 bridgehead atoms. The summed E-state index contributed by atoms with van der Waals surface area (Å²) >= 11 is 0. The SMILES string of the molecule is CS(=O)(=O)c1ccc(C(O)CNC2CCCCC2)cc1. The predicted molar refractivity (Wildman–Crippen MR) is 79.4 cm³/mol. The van der Waals surface area contributed by atoms with Crippen molar-refractivity contribution in [1.29, 1.82) is 0 Å². The fraction of sp³-hybridized carbons (Fsp3) is 0.600. The molecule has 0 heterocycles. The molecule has 1 atom stereocenters. The van der Waals surface area contributed by atoms with Crippen LogP contribution in [0.2, 0.25) is 0 Å². The van der Waals surface area contributed by atoms with Crippen LogP contribution < -0.4 is 5.32 Å². The lowest BCUT2D eigenvalue weighted by molar-refractivity contribution is 0.165. The minimum Gasteiger partial charge on any atom is -0.387 e. The molecule has 4 nitrogen and oxygen atoms in total. The number of nitrogens with one attached hydrogen (secondary N) is 1. The number of aliphatic hydroxyl groups excluding tert-OH is 1. The molecule has 0 aliphatic heterocycles. The van der Waals surface area contributed by atoms with Gasteiger partial charge in [0.2, 0.25) is 0 Å². The van der Waals surface area contributed by atoms with E-state index in [-0.39, 0.29) is 4.90 Å². The summed E-state index contributed by atoms with van der Waals surface area (Å²) in [6, 6.07) is 6.98. The molecule has 1 unspecified atom stereocenters.